The van der Waals surface area contributed by atoms with Gasteiger partial charge in [0.1, 0.15) is 5.65 Å². The smallest absolute Gasteiger partial charge is 0.147 e. The van der Waals surface area contributed by atoms with Crippen molar-refractivity contribution < 1.29 is 0 Å². The van der Waals surface area contributed by atoms with E-state index in [0.29, 0.717) is 0 Å². The van der Waals surface area contributed by atoms with Crippen molar-refractivity contribution in [3.8, 4) is 22.3 Å². The molecule has 0 aliphatic rings. The number of hydrogen-bond donors (Lipinski definition) is 0. The van der Waals surface area contributed by atoms with Crippen LogP contribution in [0, 0.1) is 0 Å². The van der Waals surface area contributed by atoms with E-state index in [0.717, 1.165) is 49.4 Å². The van der Waals surface area contributed by atoms with Crippen LogP contribution >= 0.6 is 0 Å². The van der Waals surface area contributed by atoms with Gasteiger partial charge in [-0.05, 0) is 69.4 Å². The van der Waals surface area contributed by atoms with Crippen molar-refractivity contribution >= 4 is 60.2 Å². The molecule has 3 aromatic heterocycles. The average molecular weight is 522 g/mol. The highest BCUT2D eigenvalue weighted by Gasteiger charge is 2.16. The molecule has 6 aromatic carbocycles. The van der Waals surface area contributed by atoms with E-state index in [2.05, 4.69) is 138 Å². The number of hydrogen-bond acceptors (Lipinski definition) is 2. The van der Waals surface area contributed by atoms with Crippen molar-refractivity contribution in [3.63, 3.8) is 0 Å². The molecule has 3 heteroatoms. The molecule has 0 aliphatic carbocycles. The first-order chi connectivity index (χ1) is 20.3. The largest absolute Gasteiger partial charge is 0.292 e. The van der Waals surface area contributed by atoms with Gasteiger partial charge in [0.15, 0.2) is 0 Å². The first-order valence-corrected chi connectivity index (χ1v) is 13.9. The second-order valence-electron chi connectivity index (χ2n) is 10.7. The van der Waals surface area contributed by atoms with E-state index < -0.39 is 0 Å². The van der Waals surface area contributed by atoms with Crippen molar-refractivity contribution in [2.24, 2.45) is 0 Å². The Morgan fingerprint density at radius 2 is 1.12 bits per heavy atom. The fourth-order valence-corrected chi connectivity index (χ4v) is 6.36. The summed E-state index contributed by atoms with van der Waals surface area (Å²) in [7, 11) is 0. The fraction of sp³-hybridized carbons (Fsp3) is 0. The van der Waals surface area contributed by atoms with Crippen molar-refractivity contribution in [1.82, 2.24) is 14.4 Å². The van der Waals surface area contributed by atoms with E-state index in [1.165, 1.54) is 33.0 Å². The Labute approximate surface area is 236 Å². The lowest BCUT2D eigenvalue weighted by molar-refractivity contribution is 1.31. The number of nitrogens with zero attached hydrogens (tertiary/aromatic N) is 3. The van der Waals surface area contributed by atoms with E-state index in [1.807, 2.05) is 6.07 Å². The Morgan fingerprint density at radius 3 is 2.02 bits per heavy atom. The molecule has 0 spiro atoms. The lowest BCUT2D eigenvalue weighted by atomic mass is 9.95. The summed E-state index contributed by atoms with van der Waals surface area (Å²) in [4.78, 5) is 10.3. The summed E-state index contributed by atoms with van der Waals surface area (Å²) in [5.74, 6) is 0. The zero-order valence-electron chi connectivity index (χ0n) is 22.1. The van der Waals surface area contributed by atoms with Gasteiger partial charge in [-0.1, -0.05) is 103 Å². The summed E-state index contributed by atoms with van der Waals surface area (Å²) in [6, 6.07) is 49.7. The molecular formula is C38H23N3. The molecule has 9 aromatic rings. The van der Waals surface area contributed by atoms with Crippen LogP contribution in [0.4, 0.5) is 0 Å². The van der Waals surface area contributed by atoms with Crippen molar-refractivity contribution in [2.75, 3.05) is 0 Å². The van der Waals surface area contributed by atoms with Gasteiger partial charge in [-0.2, -0.15) is 0 Å². The zero-order valence-corrected chi connectivity index (χ0v) is 22.1. The van der Waals surface area contributed by atoms with Gasteiger partial charge in [-0.15, -0.1) is 0 Å². The summed E-state index contributed by atoms with van der Waals surface area (Å²) in [6.45, 7) is 0. The fourth-order valence-electron chi connectivity index (χ4n) is 6.36. The predicted octanol–water partition coefficient (Wildman–Crippen LogP) is 9.83. The first-order valence-electron chi connectivity index (χ1n) is 13.9. The highest BCUT2D eigenvalue weighted by molar-refractivity contribution is 6.15. The van der Waals surface area contributed by atoms with Gasteiger partial charge in [0.05, 0.1) is 27.6 Å². The topological polar surface area (TPSA) is 30.2 Å². The molecule has 3 heterocycles. The lowest BCUT2D eigenvalue weighted by Crippen LogP contribution is -1.94. The minimum Gasteiger partial charge on any atom is -0.292 e. The third-order valence-electron chi connectivity index (χ3n) is 8.34. The van der Waals surface area contributed by atoms with E-state index in [-0.39, 0.29) is 0 Å². The molecule has 41 heavy (non-hydrogen) atoms. The second kappa shape index (κ2) is 8.48. The molecule has 190 valence electrons. The van der Waals surface area contributed by atoms with Gasteiger partial charge in [-0.3, -0.25) is 4.40 Å². The highest BCUT2D eigenvalue weighted by atomic mass is 15.0. The molecule has 0 bridgehead atoms. The third kappa shape index (κ3) is 3.33. The van der Waals surface area contributed by atoms with Crippen LogP contribution in [0.25, 0.3) is 82.4 Å². The van der Waals surface area contributed by atoms with E-state index in [1.54, 1.807) is 0 Å². The molecule has 0 amide bonds. The zero-order chi connectivity index (χ0) is 26.9. The van der Waals surface area contributed by atoms with Crippen LogP contribution in [0.5, 0.6) is 0 Å². The van der Waals surface area contributed by atoms with Crippen LogP contribution in [0.15, 0.2) is 140 Å². The summed E-state index contributed by atoms with van der Waals surface area (Å²) in [6.07, 6.45) is 0. The molecule has 9 rings (SSSR count). The third-order valence-corrected chi connectivity index (χ3v) is 8.34. The van der Waals surface area contributed by atoms with Gasteiger partial charge < -0.3 is 0 Å². The van der Waals surface area contributed by atoms with Crippen LogP contribution in [-0.2, 0) is 0 Å². The van der Waals surface area contributed by atoms with Crippen LogP contribution in [0.2, 0.25) is 0 Å². The van der Waals surface area contributed by atoms with Crippen LogP contribution in [-0.4, -0.2) is 14.4 Å². The summed E-state index contributed by atoms with van der Waals surface area (Å²) in [5, 5.41) is 5.84. The molecule has 3 nitrogen and oxygen atoms in total. The number of rotatable bonds is 2. The Hall–Kier alpha value is -5.54. The highest BCUT2D eigenvalue weighted by Crippen LogP contribution is 2.36. The maximum absolute atomic E-state index is 5.19. The van der Waals surface area contributed by atoms with E-state index in [9.17, 15) is 0 Å². The molecule has 0 aliphatic heterocycles. The number of benzene rings is 6. The van der Waals surface area contributed by atoms with Crippen molar-refractivity contribution in [1.29, 1.82) is 0 Å². The molecular weight excluding hydrogens is 498 g/mol. The maximum Gasteiger partial charge on any atom is 0.147 e. The SMILES string of the molecule is c1ccc2nc3c4cc(-c5ccc(-c6cccc7ccccc67)cc5)ccc4n4c5ccccc5nc4c3cc2c1. The molecule has 0 atom stereocenters. The van der Waals surface area contributed by atoms with Gasteiger partial charge in [0.25, 0.3) is 0 Å². The second-order valence-corrected chi connectivity index (χ2v) is 10.7. The number of para-hydroxylation sites is 3. The lowest BCUT2D eigenvalue weighted by Gasteiger charge is -2.12. The minimum absolute atomic E-state index is 0.944. The average Bonchev–Trinajstić information content (AvgIpc) is 3.44. The van der Waals surface area contributed by atoms with Crippen LogP contribution in [0.1, 0.15) is 0 Å². The summed E-state index contributed by atoms with van der Waals surface area (Å²) in [5.41, 5.74) is 10.9. The number of aromatic nitrogens is 3. The van der Waals surface area contributed by atoms with Crippen LogP contribution < -0.4 is 0 Å². The Balaban J connectivity index is 1.28. The molecule has 0 saturated carbocycles. The Bertz CT molecular complexity index is 2460. The van der Waals surface area contributed by atoms with Gasteiger partial charge in [-0.25, -0.2) is 9.97 Å². The molecule has 0 unspecified atom stereocenters. The molecule has 0 N–H and O–H groups in total. The normalized spacial score (nSPS) is 11.9. The number of imidazole rings is 1. The monoisotopic (exact) mass is 521 g/mol. The minimum atomic E-state index is 0.944. The quantitative estimate of drug-likeness (QED) is 0.167. The van der Waals surface area contributed by atoms with Gasteiger partial charge in [0, 0.05) is 16.2 Å². The van der Waals surface area contributed by atoms with Gasteiger partial charge >= 0.3 is 0 Å². The molecule has 0 saturated heterocycles. The van der Waals surface area contributed by atoms with Crippen molar-refractivity contribution in [3.05, 3.63) is 140 Å². The van der Waals surface area contributed by atoms with Crippen molar-refractivity contribution in [2.45, 2.75) is 0 Å². The van der Waals surface area contributed by atoms with Crippen LogP contribution in [0.3, 0.4) is 0 Å². The molecule has 0 fully saturated rings. The number of fused-ring (bicyclic) bond motifs is 10. The standard InChI is InChI=1S/C38H23N3/c1-3-11-29-25(8-1)10-7-12-30(29)26-18-16-24(17-19-26)27-20-21-35-31(22-27)37-32(23-28-9-2-4-13-33(28)39-37)38-40-34-14-5-6-15-36(34)41(35)38/h1-23H. The van der Waals surface area contributed by atoms with E-state index in [4.69, 9.17) is 9.97 Å². The summed E-state index contributed by atoms with van der Waals surface area (Å²) >= 11 is 0. The maximum atomic E-state index is 5.19. The van der Waals surface area contributed by atoms with E-state index >= 15 is 0 Å². The molecule has 0 radical (unpaired) electrons. The Kier molecular flexibility index (Phi) is 4.61. The Morgan fingerprint density at radius 1 is 0.415 bits per heavy atom. The first kappa shape index (κ1) is 22.3. The predicted molar refractivity (Wildman–Crippen MR) is 171 cm³/mol. The number of pyridine rings is 2. The van der Waals surface area contributed by atoms with Gasteiger partial charge in [0.2, 0.25) is 0 Å². The summed E-state index contributed by atoms with van der Waals surface area (Å²) < 4.78 is 2.29.